The minimum absolute atomic E-state index is 0.304. The van der Waals surface area contributed by atoms with Gasteiger partial charge in [0.2, 0.25) is 11.8 Å². The van der Waals surface area contributed by atoms with E-state index in [-0.39, 0.29) is 0 Å². The Bertz CT molecular complexity index is 431. The number of likely N-dealkylation sites (tertiary alicyclic amines) is 1. The molecule has 0 saturated carbocycles. The molecule has 2 rings (SSSR count). The van der Waals surface area contributed by atoms with Crippen molar-refractivity contribution in [2.75, 3.05) is 45.8 Å². The third-order valence-electron chi connectivity index (χ3n) is 5.66. The van der Waals surface area contributed by atoms with Crippen LogP contribution in [0.3, 0.4) is 0 Å². The highest BCUT2D eigenvalue weighted by Crippen LogP contribution is 2.16. The van der Waals surface area contributed by atoms with Crippen molar-refractivity contribution < 1.29 is 9.59 Å². The van der Waals surface area contributed by atoms with Crippen LogP contribution >= 0.6 is 0 Å². The van der Waals surface area contributed by atoms with Crippen molar-refractivity contribution in [2.45, 2.75) is 59.3 Å². The molecule has 0 spiro atoms. The maximum Gasteiger partial charge on any atom is 0.222 e. The van der Waals surface area contributed by atoms with Gasteiger partial charge in [0.1, 0.15) is 0 Å². The monoisotopic (exact) mass is 351 g/mol. The first-order valence-corrected chi connectivity index (χ1v) is 10.2. The van der Waals surface area contributed by atoms with Crippen LogP contribution in [0, 0.1) is 11.8 Å². The van der Waals surface area contributed by atoms with Gasteiger partial charge >= 0.3 is 0 Å². The van der Waals surface area contributed by atoms with Gasteiger partial charge in [0.25, 0.3) is 0 Å². The van der Waals surface area contributed by atoms with E-state index in [1.54, 1.807) is 0 Å². The van der Waals surface area contributed by atoms with E-state index < -0.39 is 0 Å². The van der Waals surface area contributed by atoms with E-state index in [0.29, 0.717) is 24.2 Å². The first-order valence-electron chi connectivity index (χ1n) is 10.2. The summed E-state index contributed by atoms with van der Waals surface area (Å²) in [6.45, 7) is 13.5. The first kappa shape index (κ1) is 20.2. The van der Waals surface area contributed by atoms with Crippen LogP contribution in [-0.2, 0) is 9.59 Å². The highest BCUT2D eigenvalue weighted by Gasteiger charge is 2.22. The predicted molar refractivity (Wildman–Crippen MR) is 101 cm³/mol. The lowest BCUT2D eigenvalue weighted by Crippen LogP contribution is -2.49. The molecule has 5 heteroatoms. The Morgan fingerprint density at radius 2 is 1.68 bits per heavy atom. The standard InChI is InChI=1S/C20H37N3O2/c1-17(2)8-11-21-13-15-23(16-14-21)20(25)7-6-18(3)9-12-22-10-4-5-19(22)24/h17-18H,4-16H2,1-3H3. The molecule has 0 aromatic carbocycles. The van der Waals surface area contributed by atoms with Crippen molar-refractivity contribution in [1.82, 2.24) is 14.7 Å². The SMILES string of the molecule is CC(C)CCN1CCN(C(=O)CCC(C)CCN2CCCC2=O)CC1. The van der Waals surface area contributed by atoms with Crippen LogP contribution < -0.4 is 0 Å². The Labute approximate surface area is 153 Å². The highest BCUT2D eigenvalue weighted by molar-refractivity contribution is 5.78. The van der Waals surface area contributed by atoms with Gasteiger partial charge in [0.15, 0.2) is 0 Å². The maximum absolute atomic E-state index is 12.4. The molecule has 2 aliphatic rings. The van der Waals surface area contributed by atoms with Crippen LogP contribution in [-0.4, -0.2) is 72.3 Å². The van der Waals surface area contributed by atoms with E-state index in [2.05, 4.69) is 25.7 Å². The summed E-state index contributed by atoms with van der Waals surface area (Å²) in [6, 6.07) is 0. The summed E-state index contributed by atoms with van der Waals surface area (Å²) in [5.41, 5.74) is 0. The molecule has 0 aliphatic carbocycles. The molecule has 2 aliphatic heterocycles. The minimum Gasteiger partial charge on any atom is -0.343 e. The molecule has 25 heavy (non-hydrogen) atoms. The molecule has 2 saturated heterocycles. The van der Waals surface area contributed by atoms with Gasteiger partial charge in [0, 0.05) is 52.1 Å². The van der Waals surface area contributed by atoms with Crippen LogP contribution in [0.2, 0.25) is 0 Å². The Kier molecular flexibility index (Phi) is 8.20. The van der Waals surface area contributed by atoms with Crippen molar-refractivity contribution >= 4 is 11.8 Å². The van der Waals surface area contributed by atoms with Crippen molar-refractivity contribution in [3.8, 4) is 0 Å². The number of carbonyl (C=O) groups excluding carboxylic acids is 2. The van der Waals surface area contributed by atoms with E-state index in [4.69, 9.17) is 0 Å². The second kappa shape index (κ2) is 10.1. The van der Waals surface area contributed by atoms with Gasteiger partial charge in [-0.2, -0.15) is 0 Å². The Morgan fingerprint density at radius 1 is 0.960 bits per heavy atom. The fourth-order valence-electron chi connectivity index (χ4n) is 3.65. The average Bonchev–Trinajstić information content (AvgIpc) is 3.01. The summed E-state index contributed by atoms with van der Waals surface area (Å²) in [6.07, 6.45) is 5.58. The quantitative estimate of drug-likeness (QED) is 0.641. The Balaban J connectivity index is 1.58. The molecular weight excluding hydrogens is 314 g/mol. The van der Waals surface area contributed by atoms with Crippen molar-refractivity contribution in [3.05, 3.63) is 0 Å². The summed E-state index contributed by atoms with van der Waals surface area (Å²) in [7, 11) is 0. The molecule has 2 heterocycles. The van der Waals surface area contributed by atoms with Crippen molar-refractivity contribution in [2.24, 2.45) is 11.8 Å². The lowest BCUT2D eigenvalue weighted by molar-refractivity contribution is -0.133. The molecule has 0 N–H and O–H groups in total. The first-order chi connectivity index (χ1) is 12.0. The maximum atomic E-state index is 12.4. The molecule has 0 aromatic heterocycles. The highest BCUT2D eigenvalue weighted by atomic mass is 16.2. The lowest BCUT2D eigenvalue weighted by atomic mass is 10.0. The van der Waals surface area contributed by atoms with Crippen LogP contribution in [0.5, 0.6) is 0 Å². The fraction of sp³-hybridized carbons (Fsp3) is 0.900. The van der Waals surface area contributed by atoms with Gasteiger partial charge in [-0.1, -0.05) is 20.8 Å². The van der Waals surface area contributed by atoms with Crippen LogP contribution in [0.1, 0.15) is 59.3 Å². The minimum atomic E-state index is 0.304. The third kappa shape index (κ3) is 6.96. The Hall–Kier alpha value is -1.10. The zero-order valence-electron chi connectivity index (χ0n) is 16.5. The van der Waals surface area contributed by atoms with Crippen LogP contribution in [0.15, 0.2) is 0 Å². The molecule has 1 unspecified atom stereocenters. The van der Waals surface area contributed by atoms with Crippen molar-refractivity contribution in [3.63, 3.8) is 0 Å². The summed E-state index contributed by atoms with van der Waals surface area (Å²) in [5.74, 6) is 1.87. The molecule has 5 nitrogen and oxygen atoms in total. The van der Waals surface area contributed by atoms with Crippen molar-refractivity contribution in [1.29, 1.82) is 0 Å². The molecular formula is C20H37N3O2. The predicted octanol–water partition coefficient (Wildman–Crippen LogP) is 2.61. The van der Waals surface area contributed by atoms with E-state index in [9.17, 15) is 9.59 Å². The number of hydrogen-bond donors (Lipinski definition) is 0. The number of rotatable bonds is 9. The molecule has 144 valence electrons. The second-order valence-corrected chi connectivity index (χ2v) is 8.32. The van der Waals surface area contributed by atoms with Gasteiger partial charge in [0.05, 0.1) is 0 Å². The van der Waals surface area contributed by atoms with Gasteiger partial charge in [-0.05, 0) is 44.1 Å². The van der Waals surface area contributed by atoms with Crippen LogP contribution in [0.4, 0.5) is 0 Å². The Morgan fingerprint density at radius 3 is 2.28 bits per heavy atom. The summed E-state index contributed by atoms with van der Waals surface area (Å²) < 4.78 is 0. The zero-order chi connectivity index (χ0) is 18.2. The number of nitrogens with zero attached hydrogens (tertiary/aromatic N) is 3. The topological polar surface area (TPSA) is 43.9 Å². The normalized spacial score (nSPS) is 20.6. The number of piperazine rings is 1. The van der Waals surface area contributed by atoms with Crippen LogP contribution in [0.25, 0.3) is 0 Å². The smallest absolute Gasteiger partial charge is 0.222 e. The molecule has 2 amide bonds. The summed E-state index contributed by atoms with van der Waals surface area (Å²) >= 11 is 0. The van der Waals surface area contributed by atoms with E-state index in [0.717, 1.165) is 77.4 Å². The summed E-state index contributed by atoms with van der Waals surface area (Å²) in [4.78, 5) is 30.6. The van der Waals surface area contributed by atoms with Gasteiger partial charge in [-0.15, -0.1) is 0 Å². The molecule has 1 atom stereocenters. The lowest BCUT2D eigenvalue weighted by Gasteiger charge is -2.35. The summed E-state index contributed by atoms with van der Waals surface area (Å²) in [5, 5.41) is 0. The molecule has 0 bridgehead atoms. The fourth-order valence-corrected chi connectivity index (χ4v) is 3.65. The third-order valence-corrected chi connectivity index (χ3v) is 5.66. The van der Waals surface area contributed by atoms with E-state index in [1.165, 1.54) is 6.42 Å². The van der Waals surface area contributed by atoms with Gasteiger partial charge in [-0.3, -0.25) is 14.5 Å². The number of hydrogen-bond acceptors (Lipinski definition) is 3. The second-order valence-electron chi connectivity index (χ2n) is 8.32. The van der Waals surface area contributed by atoms with E-state index >= 15 is 0 Å². The van der Waals surface area contributed by atoms with Gasteiger partial charge < -0.3 is 9.80 Å². The number of carbonyl (C=O) groups is 2. The van der Waals surface area contributed by atoms with Gasteiger partial charge in [-0.25, -0.2) is 0 Å². The average molecular weight is 352 g/mol. The molecule has 0 aromatic rings. The zero-order valence-corrected chi connectivity index (χ0v) is 16.5. The number of amides is 2. The van der Waals surface area contributed by atoms with E-state index in [1.807, 2.05) is 9.80 Å². The molecule has 2 fully saturated rings. The largest absolute Gasteiger partial charge is 0.343 e. The molecule has 0 radical (unpaired) electrons.